The van der Waals surface area contributed by atoms with E-state index in [-0.39, 0.29) is 0 Å². The molecule has 2 heterocycles. The maximum absolute atomic E-state index is 6.21. The molecule has 0 unspecified atom stereocenters. The fraction of sp³-hybridized carbons (Fsp3) is 0.250. The second-order valence-corrected chi connectivity index (χ2v) is 4.45. The smallest absolute Gasteiger partial charge is 0.179 e. The lowest BCUT2D eigenvalue weighted by Gasteiger charge is -2.10. The molecule has 0 atom stereocenters. The monoisotopic (exact) mass is 265 g/mol. The lowest BCUT2D eigenvalue weighted by molar-refractivity contribution is 0.297. The Kier molecular flexibility index (Phi) is 2.76. The van der Waals surface area contributed by atoms with Crippen LogP contribution in [0.4, 0.5) is 5.82 Å². The van der Waals surface area contributed by atoms with Crippen LogP contribution in [-0.2, 0) is 0 Å². The van der Waals surface area contributed by atoms with Gasteiger partial charge < -0.3 is 15.2 Å². The Hall–Kier alpha value is -1.88. The van der Waals surface area contributed by atoms with E-state index in [1.54, 1.807) is 6.07 Å². The molecule has 18 heavy (non-hydrogen) atoms. The van der Waals surface area contributed by atoms with E-state index < -0.39 is 0 Å². The molecule has 0 aliphatic carbocycles. The van der Waals surface area contributed by atoms with Gasteiger partial charge in [-0.2, -0.15) is 5.10 Å². The number of nitrogens with zero attached hydrogens (tertiary/aromatic N) is 1. The van der Waals surface area contributed by atoms with Gasteiger partial charge in [0.05, 0.1) is 23.9 Å². The van der Waals surface area contributed by atoms with E-state index in [0.29, 0.717) is 35.6 Å². The molecule has 5 nitrogen and oxygen atoms in total. The zero-order valence-electron chi connectivity index (χ0n) is 9.57. The third-order valence-electron chi connectivity index (χ3n) is 2.71. The molecule has 0 radical (unpaired) electrons. The van der Waals surface area contributed by atoms with E-state index >= 15 is 0 Å². The maximum atomic E-state index is 6.21. The molecular weight excluding hydrogens is 254 g/mol. The summed E-state index contributed by atoms with van der Waals surface area (Å²) in [5.41, 5.74) is 7.25. The molecule has 1 aliphatic rings. The van der Waals surface area contributed by atoms with Gasteiger partial charge in [-0.05, 0) is 12.1 Å². The average molecular weight is 266 g/mol. The Morgan fingerprint density at radius 1 is 1.22 bits per heavy atom. The second kappa shape index (κ2) is 4.42. The second-order valence-electron chi connectivity index (χ2n) is 4.04. The number of benzene rings is 1. The van der Waals surface area contributed by atoms with Crippen LogP contribution >= 0.6 is 11.6 Å². The fourth-order valence-electron chi connectivity index (χ4n) is 1.87. The van der Waals surface area contributed by atoms with Gasteiger partial charge in [0.1, 0.15) is 5.82 Å². The maximum Gasteiger partial charge on any atom is 0.179 e. The van der Waals surface area contributed by atoms with Gasteiger partial charge in [0.25, 0.3) is 0 Å². The minimum atomic E-state index is 0.438. The Labute approximate surface area is 109 Å². The molecule has 94 valence electrons. The van der Waals surface area contributed by atoms with E-state index in [1.165, 1.54) is 0 Å². The van der Waals surface area contributed by atoms with Crippen LogP contribution < -0.4 is 15.2 Å². The van der Waals surface area contributed by atoms with Gasteiger partial charge in [-0.15, -0.1) is 0 Å². The first-order valence-corrected chi connectivity index (χ1v) is 6.02. The molecule has 0 saturated carbocycles. The Bertz CT molecular complexity index is 583. The van der Waals surface area contributed by atoms with E-state index in [4.69, 9.17) is 26.8 Å². The molecule has 3 rings (SSSR count). The van der Waals surface area contributed by atoms with Crippen LogP contribution in [0.25, 0.3) is 11.3 Å². The summed E-state index contributed by atoms with van der Waals surface area (Å²) in [6.07, 6.45) is 0.845. The molecule has 0 amide bonds. The minimum Gasteiger partial charge on any atom is -0.489 e. The number of nitrogen functional groups attached to an aromatic ring is 1. The number of nitrogens with one attached hydrogen (secondary N) is 1. The standard InChI is InChI=1S/C12H12ClN3O2/c13-8-4-7(9-6-11(14)16-15-9)5-10-12(8)18-3-1-2-17-10/h4-6H,1-3H2,(H3,14,15,16). The van der Waals surface area contributed by atoms with Crippen molar-refractivity contribution in [2.24, 2.45) is 0 Å². The first-order chi connectivity index (χ1) is 8.74. The van der Waals surface area contributed by atoms with Crippen molar-refractivity contribution in [2.45, 2.75) is 6.42 Å². The third-order valence-corrected chi connectivity index (χ3v) is 2.99. The zero-order chi connectivity index (χ0) is 12.5. The normalized spacial score (nSPS) is 14.3. The van der Waals surface area contributed by atoms with Gasteiger partial charge in [-0.1, -0.05) is 11.6 Å². The number of aromatic amines is 1. The summed E-state index contributed by atoms with van der Waals surface area (Å²) in [7, 11) is 0. The molecule has 2 aromatic rings. The number of H-pyrrole nitrogens is 1. The highest BCUT2D eigenvalue weighted by Crippen LogP contribution is 2.40. The fourth-order valence-corrected chi connectivity index (χ4v) is 2.14. The van der Waals surface area contributed by atoms with Crippen LogP contribution in [0.2, 0.25) is 5.02 Å². The van der Waals surface area contributed by atoms with Gasteiger partial charge in [0.15, 0.2) is 11.5 Å². The predicted octanol–water partition coefficient (Wildman–Crippen LogP) is 2.47. The molecule has 1 aromatic heterocycles. The van der Waals surface area contributed by atoms with Crippen molar-refractivity contribution in [2.75, 3.05) is 18.9 Å². The van der Waals surface area contributed by atoms with Gasteiger partial charge in [0, 0.05) is 18.1 Å². The van der Waals surface area contributed by atoms with Crippen molar-refractivity contribution < 1.29 is 9.47 Å². The van der Waals surface area contributed by atoms with E-state index in [0.717, 1.165) is 17.7 Å². The summed E-state index contributed by atoms with van der Waals surface area (Å²) in [6.45, 7) is 1.24. The number of ether oxygens (including phenoxy) is 2. The summed E-state index contributed by atoms with van der Waals surface area (Å²) in [5, 5.41) is 7.26. The van der Waals surface area contributed by atoms with Crippen LogP contribution in [0.3, 0.4) is 0 Å². The van der Waals surface area contributed by atoms with E-state index in [1.807, 2.05) is 12.1 Å². The number of hydrogen-bond donors (Lipinski definition) is 2. The van der Waals surface area contributed by atoms with Crippen LogP contribution in [0, 0.1) is 0 Å². The molecule has 3 N–H and O–H groups in total. The first kappa shape index (κ1) is 11.2. The third kappa shape index (κ3) is 1.97. The number of nitrogens with two attached hydrogens (primary N) is 1. The average Bonchev–Trinajstić information content (AvgIpc) is 2.63. The number of rotatable bonds is 1. The van der Waals surface area contributed by atoms with Crippen LogP contribution in [-0.4, -0.2) is 23.4 Å². The van der Waals surface area contributed by atoms with E-state index in [2.05, 4.69) is 10.2 Å². The van der Waals surface area contributed by atoms with Crippen LogP contribution in [0.5, 0.6) is 11.5 Å². The molecule has 0 spiro atoms. The minimum absolute atomic E-state index is 0.438. The summed E-state index contributed by atoms with van der Waals surface area (Å²) >= 11 is 6.21. The van der Waals surface area contributed by atoms with Gasteiger partial charge >= 0.3 is 0 Å². The zero-order valence-corrected chi connectivity index (χ0v) is 10.3. The highest BCUT2D eigenvalue weighted by molar-refractivity contribution is 6.32. The summed E-state index contributed by atoms with van der Waals surface area (Å²) in [5.74, 6) is 1.70. The Balaban J connectivity index is 2.07. The molecule has 6 heteroatoms. The topological polar surface area (TPSA) is 73.2 Å². The number of halogens is 1. The summed E-state index contributed by atoms with van der Waals surface area (Å²) in [4.78, 5) is 0. The first-order valence-electron chi connectivity index (χ1n) is 5.64. The van der Waals surface area contributed by atoms with Crippen molar-refractivity contribution in [3.05, 3.63) is 23.2 Å². The van der Waals surface area contributed by atoms with Crippen LogP contribution in [0.1, 0.15) is 6.42 Å². The SMILES string of the molecule is Nc1cc(-c2cc(Cl)c3c(c2)OCCCO3)[nH]n1. The van der Waals surface area contributed by atoms with Crippen LogP contribution in [0.15, 0.2) is 18.2 Å². The van der Waals surface area contributed by atoms with Crippen molar-refractivity contribution in [1.29, 1.82) is 0 Å². The van der Waals surface area contributed by atoms with Crippen molar-refractivity contribution in [3.8, 4) is 22.8 Å². The molecule has 0 bridgehead atoms. The number of hydrogen-bond acceptors (Lipinski definition) is 4. The van der Waals surface area contributed by atoms with Crippen molar-refractivity contribution >= 4 is 17.4 Å². The molecule has 1 aliphatic heterocycles. The van der Waals surface area contributed by atoms with Gasteiger partial charge in [-0.3, -0.25) is 5.10 Å². The molecular formula is C12H12ClN3O2. The summed E-state index contributed by atoms with van der Waals surface area (Å²) < 4.78 is 11.2. The number of aromatic nitrogens is 2. The molecule has 1 aromatic carbocycles. The highest BCUT2D eigenvalue weighted by Gasteiger charge is 2.16. The van der Waals surface area contributed by atoms with Gasteiger partial charge in [-0.25, -0.2) is 0 Å². The number of fused-ring (bicyclic) bond motifs is 1. The lowest BCUT2D eigenvalue weighted by atomic mass is 10.1. The largest absolute Gasteiger partial charge is 0.489 e. The highest BCUT2D eigenvalue weighted by atomic mass is 35.5. The molecule has 0 fully saturated rings. The van der Waals surface area contributed by atoms with Crippen molar-refractivity contribution in [3.63, 3.8) is 0 Å². The van der Waals surface area contributed by atoms with E-state index in [9.17, 15) is 0 Å². The van der Waals surface area contributed by atoms with Gasteiger partial charge in [0.2, 0.25) is 0 Å². The number of anilines is 1. The van der Waals surface area contributed by atoms with Crippen molar-refractivity contribution in [1.82, 2.24) is 10.2 Å². The quantitative estimate of drug-likeness (QED) is 0.831. The predicted molar refractivity (Wildman–Crippen MR) is 69.1 cm³/mol. The molecule has 0 saturated heterocycles. The summed E-state index contributed by atoms with van der Waals surface area (Å²) in [6, 6.07) is 5.43. The Morgan fingerprint density at radius 2 is 2.06 bits per heavy atom. The Morgan fingerprint density at radius 3 is 2.83 bits per heavy atom. The lowest BCUT2D eigenvalue weighted by Crippen LogP contribution is -1.97.